The summed E-state index contributed by atoms with van der Waals surface area (Å²) >= 11 is 0. The summed E-state index contributed by atoms with van der Waals surface area (Å²) in [5.41, 5.74) is 2.22. The Hall–Kier alpha value is -2.89. The third-order valence-electron chi connectivity index (χ3n) is 6.15. The summed E-state index contributed by atoms with van der Waals surface area (Å²) in [4.78, 5) is 7.13. The number of hydrogen-bond donors (Lipinski definition) is 1. The van der Waals surface area contributed by atoms with E-state index in [9.17, 15) is 0 Å². The molecule has 5 heteroatoms. The van der Waals surface area contributed by atoms with E-state index in [1.165, 1.54) is 18.4 Å². The van der Waals surface area contributed by atoms with Gasteiger partial charge in [0, 0.05) is 12.7 Å². The minimum Gasteiger partial charge on any atom is -0.497 e. The molecule has 0 spiro atoms. The van der Waals surface area contributed by atoms with Crippen molar-refractivity contribution < 1.29 is 9.47 Å². The minimum atomic E-state index is 0.0589. The Morgan fingerprint density at radius 1 is 0.969 bits per heavy atom. The highest BCUT2D eigenvalue weighted by Crippen LogP contribution is 2.25. The highest BCUT2D eigenvalue weighted by atomic mass is 16.5. The molecule has 32 heavy (non-hydrogen) atoms. The van der Waals surface area contributed by atoms with Crippen LogP contribution in [0.15, 0.2) is 79.0 Å². The maximum Gasteiger partial charge on any atom is 0.119 e. The predicted octanol–water partition coefficient (Wildman–Crippen LogP) is 4.56. The number of benzene rings is 2. The second kappa shape index (κ2) is 11.7. The summed E-state index contributed by atoms with van der Waals surface area (Å²) in [5, 5.41) is 3.79. The van der Waals surface area contributed by atoms with Crippen molar-refractivity contribution in [1.29, 1.82) is 0 Å². The molecular weight excluding hydrogens is 398 g/mol. The number of hydrogen-bond acceptors (Lipinski definition) is 5. The third-order valence-corrected chi connectivity index (χ3v) is 6.15. The van der Waals surface area contributed by atoms with Crippen LogP contribution in [-0.2, 0) is 0 Å². The Morgan fingerprint density at radius 2 is 1.75 bits per heavy atom. The highest BCUT2D eigenvalue weighted by molar-refractivity contribution is 5.34. The molecule has 1 aromatic heterocycles. The molecule has 1 saturated heterocycles. The minimum absolute atomic E-state index is 0.0589. The van der Waals surface area contributed by atoms with Gasteiger partial charge in [0.1, 0.15) is 18.1 Å². The monoisotopic (exact) mass is 431 g/mol. The quantitative estimate of drug-likeness (QED) is 0.510. The molecule has 5 nitrogen and oxygen atoms in total. The van der Waals surface area contributed by atoms with E-state index in [0.29, 0.717) is 5.92 Å². The zero-order valence-electron chi connectivity index (χ0n) is 18.8. The molecule has 168 valence electrons. The maximum atomic E-state index is 5.86. The van der Waals surface area contributed by atoms with Gasteiger partial charge in [0.2, 0.25) is 0 Å². The molecule has 0 unspecified atom stereocenters. The first-order valence-electron chi connectivity index (χ1n) is 11.5. The predicted molar refractivity (Wildman–Crippen MR) is 128 cm³/mol. The lowest BCUT2D eigenvalue weighted by atomic mass is 9.95. The Labute approximate surface area is 191 Å². The number of pyridine rings is 1. The first-order chi connectivity index (χ1) is 15.8. The first kappa shape index (κ1) is 22.3. The van der Waals surface area contributed by atoms with E-state index in [0.717, 1.165) is 50.0 Å². The van der Waals surface area contributed by atoms with Crippen LogP contribution in [-0.4, -0.2) is 49.8 Å². The van der Waals surface area contributed by atoms with Crippen molar-refractivity contribution in [2.24, 2.45) is 5.92 Å². The lowest BCUT2D eigenvalue weighted by Gasteiger charge is -2.33. The van der Waals surface area contributed by atoms with Gasteiger partial charge in [0.15, 0.2) is 0 Å². The number of para-hydroxylation sites is 1. The lowest BCUT2D eigenvalue weighted by molar-refractivity contribution is 0.153. The van der Waals surface area contributed by atoms with Gasteiger partial charge in [0.25, 0.3) is 0 Å². The average Bonchev–Trinajstić information content (AvgIpc) is 2.86. The Bertz CT molecular complexity index is 928. The molecule has 0 radical (unpaired) electrons. The smallest absolute Gasteiger partial charge is 0.119 e. The zero-order valence-corrected chi connectivity index (χ0v) is 18.8. The summed E-state index contributed by atoms with van der Waals surface area (Å²) in [5.74, 6) is 2.49. The van der Waals surface area contributed by atoms with Crippen LogP contribution < -0.4 is 14.8 Å². The van der Waals surface area contributed by atoms with Crippen LogP contribution in [0, 0.1) is 5.92 Å². The number of methoxy groups -OCH3 is 1. The number of likely N-dealkylation sites (tertiary alicyclic amines) is 1. The molecule has 1 aliphatic rings. The zero-order chi connectivity index (χ0) is 22.0. The second-order valence-corrected chi connectivity index (χ2v) is 8.32. The molecule has 2 heterocycles. The van der Waals surface area contributed by atoms with Crippen molar-refractivity contribution in [1.82, 2.24) is 15.2 Å². The van der Waals surface area contributed by atoms with Crippen LogP contribution in [0.4, 0.5) is 0 Å². The van der Waals surface area contributed by atoms with Crippen molar-refractivity contribution in [3.8, 4) is 11.5 Å². The third kappa shape index (κ3) is 6.31. The van der Waals surface area contributed by atoms with Gasteiger partial charge < -0.3 is 14.8 Å². The summed E-state index contributed by atoms with van der Waals surface area (Å²) in [6, 6.07) is 24.5. The molecule has 1 aliphatic heterocycles. The van der Waals surface area contributed by atoms with Gasteiger partial charge in [-0.15, -0.1) is 0 Å². The number of nitrogens with one attached hydrogen (secondary N) is 1. The fourth-order valence-corrected chi connectivity index (χ4v) is 4.27. The summed E-state index contributed by atoms with van der Waals surface area (Å²) in [6.07, 6.45) is 4.26. The summed E-state index contributed by atoms with van der Waals surface area (Å²) in [6.45, 7) is 4.95. The van der Waals surface area contributed by atoms with E-state index in [1.807, 2.05) is 60.8 Å². The molecule has 1 atom stereocenters. The largest absolute Gasteiger partial charge is 0.497 e. The molecule has 1 N–H and O–H groups in total. The molecule has 0 bridgehead atoms. The van der Waals surface area contributed by atoms with E-state index in [1.54, 1.807) is 7.11 Å². The van der Waals surface area contributed by atoms with Gasteiger partial charge in [-0.25, -0.2) is 0 Å². The Balaban J connectivity index is 1.27. The molecule has 0 aliphatic carbocycles. The van der Waals surface area contributed by atoms with E-state index >= 15 is 0 Å². The lowest BCUT2D eigenvalue weighted by Crippen LogP contribution is -2.40. The van der Waals surface area contributed by atoms with Gasteiger partial charge in [-0.3, -0.25) is 9.88 Å². The average molecular weight is 432 g/mol. The second-order valence-electron chi connectivity index (χ2n) is 8.32. The van der Waals surface area contributed by atoms with Crippen molar-refractivity contribution in [2.75, 3.05) is 39.9 Å². The topological polar surface area (TPSA) is 46.6 Å². The number of ether oxygens (including phenoxy) is 2. The fraction of sp³-hybridized carbons (Fsp3) is 0.370. The highest BCUT2D eigenvalue weighted by Gasteiger charge is 2.22. The number of piperidine rings is 1. The van der Waals surface area contributed by atoms with Gasteiger partial charge in [0.05, 0.1) is 18.8 Å². The molecule has 3 aromatic rings. The number of rotatable bonds is 10. The van der Waals surface area contributed by atoms with Gasteiger partial charge in [-0.2, -0.15) is 0 Å². The standard InChI is InChI=1S/C27H33N3O2/c1-31-25-11-7-8-23(20-25)27(26-12-5-6-15-28-26)29-21-22-13-16-30(17-14-22)18-19-32-24-9-3-2-4-10-24/h2-12,15,20,22,27,29H,13-14,16-19,21H2,1H3/t27-/m1/s1. The van der Waals surface area contributed by atoms with Gasteiger partial charge >= 0.3 is 0 Å². The van der Waals surface area contributed by atoms with Crippen LogP contribution in [0.3, 0.4) is 0 Å². The maximum absolute atomic E-state index is 5.86. The van der Waals surface area contributed by atoms with E-state index < -0.39 is 0 Å². The number of aromatic nitrogens is 1. The van der Waals surface area contributed by atoms with E-state index in [4.69, 9.17) is 9.47 Å². The van der Waals surface area contributed by atoms with Crippen LogP contribution in [0.5, 0.6) is 11.5 Å². The fourth-order valence-electron chi connectivity index (χ4n) is 4.27. The van der Waals surface area contributed by atoms with Gasteiger partial charge in [-0.05, 0) is 80.4 Å². The molecule has 0 amide bonds. The first-order valence-corrected chi connectivity index (χ1v) is 11.5. The van der Waals surface area contributed by atoms with Gasteiger partial charge in [-0.1, -0.05) is 36.4 Å². The van der Waals surface area contributed by atoms with Crippen LogP contribution in [0.2, 0.25) is 0 Å². The van der Waals surface area contributed by atoms with Crippen molar-refractivity contribution >= 4 is 0 Å². The molecule has 2 aromatic carbocycles. The molecule has 4 rings (SSSR count). The van der Waals surface area contributed by atoms with Crippen molar-refractivity contribution in [3.63, 3.8) is 0 Å². The number of nitrogens with zero attached hydrogens (tertiary/aromatic N) is 2. The van der Waals surface area contributed by atoms with Crippen molar-refractivity contribution in [3.05, 3.63) is 90.3 Å². The van der Waals surface area contributed by atoms with Crippen LogP contribution >= 0.6 is 0 Å². The van der Waals surface area contributed by atoms with E-state index in [2.05, 4.69) is 33.4 Å². The van der Waals surface area contributed by atoms with E-state index in [-0.39, 0.29) is 6.04 Å². The molecule has 0 saturated carbocycles. The Kier molecular flexibility index (Phi) is 8.12. The van der Waals surface area contributed by atoms with Crippen LogP contribution in [0.1, 0.15) is 30.1 Å². The molecule has 1 fully saturated rings. The summed E-state index contributed by atoms with van der Waals surface area (Å²) in [7, 11) is 1.71. The normalized spacial score (nSPS) is 15.9. The van der Waals surface area contributed by atoms with Crippen LogP contribution in [0.25, 0.3) is 0 Å². The SMILES string of the molecule is COc1cccc([C@@H](NCC2CCN(CCOc3ccccc3)CC2)c2ccccn2)c1. The Morgan fingerprint density at radius 3 is 2.50 bits per heavy atom. The van der Waals surface area contributed by atoms with Crippen molar-refractivity contribution in [2.45, 2.75) is 18.9 Å². The summed E-state index contributed by atoms with van der Waals surface area (Å²) < 4.78 is 11.3. The molecular formula is C27H33N3O2.